The van der Waals surface area contributed by atoms with Gasteiger partial charge in [-0.15, -0.1) is 0 Å². The van der Waals surface area contributed by atoms with Crippen LogP contribution in [0.3, 0.4) is 0 Å². The van der Waals surface area contributed by atoms with Crippen LogP contribution in [0.1, 0.15) is 5.69 Å². The number of hydrogen-bond donors (Lipinski definition) is 1. The van der Waals surface area contributed by atoms with E-state index in [2.05, 4.69) is 17.2 Å². The van der Waals surface area contributed by atoms with Gasteiger partial charge in [0.05, 0.1) is 18.5 Å². The predicted octanol–water partition coefficient (Wildman–Crippen LogP) is 1.64. The van der Waals surface area contributed by atoms with Gasteiger partial charge in [-0.3, -0.25) is 4.98 Å². The summed E-state index contributed by atoms with van der Waals surface area (Å²) < 4.78 is 9.98. The second-order valence-electron chi connectivity index (χ2n) is 2.23. The number of hydrogen-bond acceptors (Lipinski definition) is 5. The zero-order valence-electron chi connectivity index (χ0n) is 5.98. The molecule has 0 atom stereocenters. The van der Waals surface area contributed by atoms with Crippen LogP contribution in [0.5, 0.6) is 0 Å². The Morgan fingerprint density at radius 3 is 2.92 bits per heavy atom. The van der Waals surface area contributed by atoms with Crippen LogP contribution in [0.25, 0.3) is 11.2 Å². The highest BCUT2D eigenvalue weighted by Gasteiger charge is 2.02. The van der Waals surface area contributed by atoms with E-state index in [0.717, 1.165) is 0 Å². The van der Waals surface area contributed by atoms with E-state index >= 15 is 0 Å². The van der Waals surface area contributed by atoms with Crippen molar-refractivity contribution in [1.82, 2.24) is 4.98 Å². The summed E-state index contributed by atoms with van der Waals surface area (Å²) in [5, 5.41) is 8.74. The van der Waals surface area contributed by atoms with Gasteiger partial charge in [0.25, 0.3) is 0 Å². The Morgan fingerprint density at radius 1 is 1.42 bits per heavy atom. The van der Waals surface area contributed by atoms with Gasteiger partial charge in [0.15, 0.2) is 11.2 Å². The van der Waals surface area contributed by atoms with Crippen LogP contribution >= 0.6 is 12.2 Å². The number of fused-ring (bicyclic) bond motifs is 1. The maximum atomic E-state index is 8.74. The van der Waals surface area contributed by atoms with Gasteiger partial charge in [-0.05, 0) is 0 Å². The van der Waals surface area contributed by atoms with Crippen molar-refractivity contribution < 1.29 is 13.9 Å². The molecule has 0 spiro atoms. The summed E-state index contributed by atoms with van der Waals surface area (Å²) in [5.41, 5.74) is 1.54. The second-order valence-corrected chi connectivity index (χ2v) is 2.57. The molecule has 0 saturated heterocycles. The first-order chi connectivity index (χ1) is 5.79. The first kappa shape index (κ1) is 7.45. The van der Waals surface area contributed by atoms with Gasteiger partial charge in [0, 0.05) is 18.3 Å². The van der Waals surface area contributed by atoms with E-state index in [1.54, 1.807) is 6.07 Å². The van der Waals surface area contributed by atoms with Crippen molar-refractivity contribution in [3.05, 3.63) is 22.9 Å². The number of rotatable bonds is 1. The largest absolute Gasteiger partial charge is 0.413 e. The molecule has 0 aliphatic rings. The van der Waals surface area contributed by atoms with Gasteiger partial charge in [0.2, 0.25) is 0 Å². The van der Waals surface area contributed by atoms with Gasteiger partial charge in [-0.25, -0.2) is 0 Å². The van der Waals surface area contributed by atoms with Gasteiger partial charge in [-0.2, -0.15) is 0 Å². The molecule has 1 N–H and O–H groups in total. The van der Waals surface area contributed by atoms with Crippen molar-refractivity contribution in [3.8, 4) is 0 Å². The Morgan fingerprint density at radius 2 is 2.17 bits per heavy atom. The standard InChI is InChI=1S/C7H5NO3S/c9-3-4-1-5-6(2-8-4)11-7(12)10-5/h1-2,9H,3H2. The fourth-order valence-electron chi connectivity index (χ4n) is 0.908. The molecule has 2 heterocycles. The lowest BCUT2D eigenvalue weighted by Gasteiger charge is -1.90. The molecule has 2 rings (SSSR count). The van der Waals surface area contributed by atoms with Gasteiger partial charge in [0.1, 0.15) is 0 Å². The summed E-state index contributed by atoms with van der Waals surface area (Å²) in [4.78, 5) is 3.96. The van der Waals surface area contributed by atoms with E-state index in [-0.39, 0.29) is 11.5 Å². The Kier molecular flexibility index (Phi) is 1.67. The van der Waals surface area contributed by atoms with E-state index < -0.39 is 0 Å². The third-order valence-corrected chi connectivity index (χ3v) is 1.60. The lowest BCUT2D eigenvalue weighted by atomic mass is 10.3. The van der Waals surface area contributed by atoms with E-state index in [0.29, 0.717) is 16.9 Å². The van der Waals surface area contributed by atoms with Gasteiger partial charge >= 0.3 is 4.90 Å². The molecular formula is C7H5NO3S. The third-order valence-electron chi connectivity index (χ3n) is 1.44. The molecule has 0 fully saturated rings. The predicted molar refractivity (Wildman–Crippen MR) is 43.0 cm³/mol. The average Bonchev–Trinajstić information content (AvgIpc) is 2.43. The lowest BCUT2D eigenvalue weighted by molar-refractivity contribution is 0.277. The highest BCUT2D eigenvalue weighted by molar-refractivity contribution is 7.71. The number of pyridine rings is 1. The topological polar surface area (TPSA) is 59.4 Å². The Balaban J connectivity index is 2.74. The quantitative estimate of drug-likeness (QED) is 0.681. The first-order valence-electron chi connectivity index (χ1n) is 3.29. The second kappa shape index (κ2) is 2.69. The molecule has 0 bridgehead atoms. The zero-order chi connectivity index (χ0) is 8.55. The summed E-state index contributed by atoms with van der Waals surface area (Å²) in [5.74, 6) is 0. The van der Waals surface area contributed by atoms with Crippen LogP contribution in [0.15, 0.2) is 21.1 Å². The van der Waals surface area contributed by atoms with E-state index in [1.807, 2.05) is 0 Å². The maximum Gasteiger partial charge on any atom is 0.363 e. The fraction of sp³-hybridized carbons (Fsp3) is 0.143. The van der Waals surface area contributed by atoms with Gasteiger partial charge in [-0.1, -0.05) is 0 Å². The van der Waals surface area contributed by atoms with Crippen LogP contribution in [-0.4, -0.2) is 10.1 Å². The minimum Gasteiger partial charge on any atom is -0.413 e. The maximum absolute atomic E-state index is 8.74. The van der Waals surface area contributed by atoms with Crippen molar-refractivity contribution in [1.29, 1.82) is 0 Å². The summed E-state index contributed by atoms with van der Waals surface area (Å²) >= 11 is 4.67. The molecule has 0 aliphatic carbocycles. The van der Waals surface area contributed by atoms with E-state index in [4.69, 9.17) is 13.9 Å². The molecule has 2 aromatic rings. The van der Waals surface area contributed by atoms with E-state index in [9.17, 15) is 0 Å². The van der Waals surface area contributed by atoms with Crippen LogP contribution in [0, 0.1) is 4.90 Å². The van der Waals surface area contributed by atoms with Crippen LogP contribution in [0.2, 0.25) is 0 Å². The molecule has 5 heteroatoms. The summed E-state index contributed by atoms with van der Waals surface area (Å²) in [6.07, 6.45) is 1.47. The van der Waals surface area contributed by atoms with Crippen molar-refractivity contribution in [2.75, 3.05) is 0 Å². The van der Waals surface area contributed by atoms with Crippen LogP contribution < -0.4 is 0 Å². The molecule has 0 saturated carbocycles. The Bertz CT molecular complexity index is 459. The molecule has 4 nitrogen and oxygen atoms in total. The number of aliphatic hydroxyl groups excluding tert-OH is 1. The van der Waals surface area contributed by atoms with Gasteiger partial charge < -0.3 is 13.9 Å². The minimum atomic E-state index is -0.122. The molecule has 62 valence electrons. The smallest absolute Gasteiger partial charge is 0.363 e. The average molecular weight is 183 g/mol. The number of aromatic nitrogens is 1. The highest BCUT2D eigenvalue weighted by atomic mass is 32.1. The molecule has 12 heavy (non-hydrogen) atoms. The fourth-order valence-corrected chi connectivity index (χ4v) is 1.09. The molecule has 0 radical (unpaired) electrons. The van der Waals surface area contributed by atoms with Crippen molar-refractivity contribution in [3.63, 3.8) is 0 Å². The molecule has 0 amide bonds. The summed E-state index contributed by atoms with van der Waals surface area (Å²) in [6.45, 7) is -0.122. The summed E-state index contributed by atoms with van der Waals surface area (Å²) in [7, 11) is 0. The molecule has 0 aliphatic heterocycles. The van der Waals surface area contributed by atoms with E-state index in [1.165, 1.54) is 6.20 Å². The van der Waals surface area contributed by atoms with Crippen molar-refractivity contribution in [2.45, 2.75) is 6.61 Å². The Hall–Kier alpha value is -1.20. The normalized spacial score (nSPS) is 10.8. The SMILES string of the molecule is OCc1cc2oc(=S)oc2cn1. The van der Waals surface area contributed by atoms with Crippen LogP contribution in [0.4, 0.5) is 0 Å². The van der Waals surface area contributed by atoms with Crippen molar-refractivity contribution >= 4 is 23.4 Å². The third kappa shape index (κ3) is 1.13. The minimum absolute atomic E-state index is 0.0712. The molecule has 0 unspecified atom stereocenters. The zero-order valence-corrected chi connectivity index (χ0v) is 6.80. The number of nitrogens with zero attached hydrogens (tertiary/aromatic N) is 1. The molecule has 0 aromatic carbocycles. The lowest BCUT2D eigenvalue weighted by Crippen LogP contribution is -1.85. The molecular weight excluding hydrogens is 178 g/mol. The monoisotopic (exact) mass is 183 g/mol. The first-order valence-corrected chi connectivity index (χ1v) is 3.70. The highest BCUT2D eigenvalue weighted by Crippen LogP contribution is 2.16. The number of aliphatic hydroxyl groups is 1. The van der Waals surface area contributed by atoms with Crippen LogP contribution in [-0.2, 0) is 6.61 Å². The molecule has 2 aromatic heterocycles. The Labute approximate surface area is 72.4 Å². The summed E-state index contributed by atoms with van der Waals surface area (Å²) in [6, 6.07) is 1.59. The van der Waals surface area contributed by atoms with Crippen molar-refractivity contribution in [2.24, 2.45) is 0 Å².